The molecule has 2 atom stereocenters. The third kappa shape index (κ3) is 4.43. The van der Waals surface area contributed by atoms with Gasteiger partial charge in [0.25, 0.3) is 0 Å². The van der Waals surface area contributed by atoms with E-state index in [-0.39, 0.29) is 11.1 Å². The molecule has 20 heavy (non-hydrogen) atoms. The second-order valence-corrected chi connectivity index (χ2v) is 7.13. The number of nitrogens with zero attached hydrogens (tertiary/aromatic N) is 1. The fraction of sp³-hybridized carbons (Fsp3) is 0.615. The molecule has 2 heterocycles. The minimum absolute atomic E-state index is 0.0954. The van der Waals surface area contributed by atoms with Gasteiger partial charge in [0.15, 0.2) is 14.9 Å². The molecule has 2 unspecified atom stereocenters. The minimum atomic E-state index is -3.24. The van der Waals surface area contributed by atoms with E-state index >= 15 is 0 Å². The molecule has 1 aliphatic rings. The van der Waals surface area contributed by atoms with Crippen LogP contribution in [0.1, 0.15) is 13.3 Å². The van der Waals surface area contributed by atoms with E-state index in [9.17, 15) is 8.42 Å². The van der Waals surface area contributed by atoms with Gasteiger partial charge in [0, 0.05) is 24.9 Å². The van der Waals surface area contributed by atoms with Crippen molar-refractivity contribution in [1.82, 2.24) is 10.3 Å². The highest BCUT2D eigenvalue weighted by atomic mass is 32.2. The van der Waals surface area contributed by atoms with E-state index in [0.29, 0.717) is 6.04 Å². The third-order valence-electron chi connectivity index (χ3n) is 3.17. The average Bonchev–Trinajstić information content (AvgIpc) is 2.39. The van der Waals surface area contributed by atoms with Crippen molar-refractivity contribution in [3.05, 3.63) is 18.3 Å². The summed E-state index contributed by atoms with van der Waals surface area (Å²) < 4.78 is 28.1. The Hall–Kier alpha value is -1.18. The largest absolute Gasteiger partial charge is 0.381 e. The van der Waals surface area contributed by atoms with Gasteiger partial charge in [-0.1, -0.05) is 0 Å². The number of sulfone groups is 1. The van der Waals surface area contributed by atoms with Crippen LogP contribution in [0.3, 0.4) is 0 Å². The molecule has 0 aromatic carbocycles. The smallest absolute Gasteiger partial charge is 0.192 e. The highest BCUT2D eigenvalue weighted by Crippen LogP contribution is 2.13. The zero-order valence-electron chi connectivity index (χ0n) is 11.8. The van der Waals surface area contributed by atoms with Gasteiger partial charge in [-0.15, -0.1) is 0 Å². The number of nitrogens with one attached hydrogen (secondary N) is 2. The van der Waals surface area contributed by atoms with Gasteiger partial charge in [0.05, 0.1) is 25.1 Å². The number of aromatic nitrogens is 1. The molecule has 0 bridgehead atoms. The molecule has 0 aliphatic carbocycles. The molecule has 6 nitrogen and oxygen atoms in total. The lowest BCUT2D eigenvalue weighted by molar-refractivity contribution is 0.0731. The van der Waals surface area contributed by atoms with Crippen LogP contribution >= 0.6 is 0 Å². The molecule has 0 radical (unpaired) electrons. The van der Waals surface area contributed by atoms with Crippen LogP contribution in [0.5, 0.6) is 0 Å². The first-order valence-electron chi connectivity index (χ1n) is 6.69. The van der Waals surface area contributed by atoms with Crippen LogP contribution in [-0.4, -0.2) is 51.5 Å². The number of anilines is 1. The Bertz CT molecular complexity index is 524. The summed E-state index contributed by atoms with van der Waals surface area (Å²) in [5.41, 5.74) is 0.821. The highest BCUT2D eigenvalue weighted by Gasteiger charge is 2.16. The summed E-state index contributed by atoms with van der Waals surface area (Å²) in [6.07, 6.45) is 3.64. The lowest BCUT2D eigenvalue weighted by Gasteiger charge is -2.27. The van der Waals surface area contributed by atoms with Crippen molar-refractivity contribution < 1.29 is 13.2 Å². The highest BCUT2D eigenvalue weighted by molar-refractivity contribution is 7.90. The van der Waals surface area contributed by atoms with E-state index < -0.39 is 9.84 Å². The van der Waals surface area contributed by atoms with Crippen molar-refractivity contribution in [2.24, 2.45) is 0 Å². The first-order chi connectivity index (χ1) is 9.45. The van der Waals surface area contributed by atoms with E-state index in [2.05, 4.69) is 22.5 Å². The maximum Gasteiger partial charge on any atom is 0.192 e. The van der Waals surface area contributed by atoms with E-state index in [1.165, 1.54) is 6.07 Å². The van der Waals surface area contributed by atoms with E-state index in [4.69, 9.17) is 4.74 Å². The second kappa shape index (κ2) is 6.51. The Morgan fingerprint density at radius 3 is 2.90 bits per heavy atom. The number of rotatable bonds is 5. The number of hydrogen-bond donors (Lipinski definition) is 2. The van der Waals surface area contributed by atoms with Crippen LogP contribution in [0.4, 0.5) is 5.69 Å². The fourth-order valence-corrected chi connectivity index (χ4v) is 2.79. The predicted molar refractivity (Wildman–Crippen MR) is 77.7 cm³/mol. The normalized spacial score (nSPS) is 21.4. The molecule has 0 spiro atoms. The lowest BCUT2D eigenvalue weighted by atomic mass is 10.1. The third-order valence-corrected chi connectivity index (χ3v) is 4.17. The molecule has 1 aliphatic heterocycles. The molecule has 7 heteroatoms. The summed E-state index contributed by atoms with van der Waals surface area (Å²) in [7, 11) is -3.24. The van der Waals surface area contributed by atoms with Gasteiger partial charge < -0.3 is 15.4 Å². The van der Waals surface area contributed by atoms with Crippen molar-refractivity contribution in [3.8, 4) is 0 Å². The maximum atomic E-state index is 11.3. The van der Waals surface area contributed by atoms with Crippen molar-refractivity contribution in [3.63, 3.8) is 0 Å². The zero-order valence-corrected chi connectivity index (χ0v) is 12.6. The first-order valence-corrected chi connectivity index (χ1v) is 8.58. The monoisotopic (exact) mass is 299 g/mol. The summed E-state index contributed by atoms with van der Waals surface area (Å²) in [6.45, 7) is 4.48. The molecular formula is C13H21N3O3S. The molecule has 0 amide bonds. The van der Waals surface area contributed by atoms with Gasteiger partial charge in [-0.25, -0.2) is 13.4 Å². The number of morpholine rings is 1. The molecular weight excluding hydrogens is 278 g/mol. The molecule has 0 saturated carbocycles. The van der Waals surface area contributed by atoms with Crippen LogP contribution in [0.2, 0.25) is 0 Å². The fourth-order valence-electron chi connectivity index (χ4n) is 2.23. The van der Waals surface area contributed by atoms with Gasteiger partial charge in [-0.3, -0.25) is 0 Å². The summed E-state index contributed by atoms with van der Waals surface area (Å²) in [4.78, 5) is 3.96. The molecule has 1 aromatic heterocycles. The van der Waals surface area contributed by atoms with Crippen molar-refractivity contribution >= 4 is 15.5 Å². The van der Waals surface area contributed by atoms with Crippen LogP contribution in [-0.2, 0) is 14.6 Å². The SMILES string of the molecule is CC(CC1COCCN1)Nc1ccc(S(C)(=O)=O)nc1. The zero-order chi connectivity index (χ0) is 14.6. The standard InChI is InChI=1S/C13H21N3O3S/c1-10(7-12-9-19-6-5-14-12)16-11-3-4-13(15-8-11)20(2,17)18/h3-4,8,10,12,14,16H,5-7,9H2,1-2H3. The van der Waals surface area contributed by atoms with Crippen molar-refractivity contribution in [2.75, 3.05) is 31.3 Å². The Morgan fingerprint density at radius 2 is 2.35 bits per heavy atom. The van der Waals surface area contributed by atoms with E-state index in [1.807, 2.05) is 0 Å². The summed E-state index contributed by atoms with van der Waals surface area (Å²) in [5.74, 6) is 0. The van der Waals surface area contributed by atoms with Crippen LogP contribution < -0.4 is 10.6 Å². The van der Waals surface area contributed by atoms with Gasteiger partial charge in [0.1, 0.15) is 0 Å². The number of hydrogen-bond acceptors (Lipinski definition) is 6. The van der Waals surface area contributed by atoms with Crippen LogP contribution in [0.15, 0.2) is 23.4 Å². The van der Waals surface area contributed by atoms with Gasteiger partial charge in [-0.05, 0) is 25.5 Å². The number of pyridine rings is 1. The van der Waals surface area contributed by atoms with Crippen LogP contribution in [0.25, 0.3) is 0 Å². The van der Waals surface area contributed by atoms with Crippen LogP contribution in [0, 0.1) is 0 Å². The Balaban J connectivity index is 1.89. The average molecular weight is 299 g/mol. The number of ether oxygens (including phenoxy) is 1. The quantitative estimate of drug-likeness (QED) is 0.831. The molecule has 1 aromatic rings. The molecule has 2 N–H and O–H groups in total. The molecule has 1 fully saturated rings. The summed E-state index contributed by atoms with van der Waals surface area (Å²) >= 11 is 0. The topological polar surface area (TPSA) is 80.3 Å². The van der Waals surface area contributed by atoms with Crippen molar-refractivity contribution in [2.45, 2.75) is 30.5 Å². The molecule has 112 valence electrons. The minimum Gasteiger partial charge on any atom is -0.381 e. The predicted octanol–water partition coefficient (Wildman–Crippen LogP) is 0.664. The van der Waals surface area contributed by atoms with Gasteiger partial charge >= 0.3 is 0 Å². The Labute approximate surface area is 119 Å². The van der Waals surface area contributed by atoms with Gasteiger partial charge in [0.2, 0.25) is 0 Å². The second-order valence-electron chi connectivity index (χ2n) is 5.16. The first kappa shape index (κ1) is 15.2. The summed E-state index contributed by atoms with van der Waals surface area (Å²) in [6, 6.07) is 3.87. The van der Waals surface area contributed by atoms with E-state index in [1.54, 1.807) is 12.3 Å². The van der Waals surface area contributed by atoms with Gasteiger partial charge in [-0.2, -0.15) is 0 Å². The Kier molecular flexibility index (Phi) is 4.95. The molecule has 2 rings (SSSR count). The Morgan fingerprint density at radius 1 is 1.55 bits per heavy atom. The maximum absolute atomic E-state index is 11.3. The van der Waals surface area contributed by atoms with E-state index in [0.717, 1.165) is 38.1 Å². The van der Waals surface area contributed by atoms with Crippen molar-refractivity contribution in [1.29, 1.82) is 0 Å². The molecule has 1 saturated heterocycles. The summed E-state index contributed by atoms with van der Waals surface area (Å²) in [5, 5.41) is 6.82. The lowest BCUT2D eigenvalue weighted by Crippen LogP contribution is -2.43.